The van der Waals surface area contributed by atoms with Crippen molar-refractivity contribution in [1.29, 1.82) is 0 Å². The fourth-order valence-corrected chi connectivity index (χ4v) is 3.27. The summed E-state index contributed by atoms with van der Waals surface area (Å²) in [5, 5.41) is 0.510. The monoisotopic (exact) mass is 326 g/mol. The molecule has 2 aromatic carbocycles. The molecule has 0 N–H and O–H groups in total. The Bertz CT molecular complexity index is 752. The third kappa shape index (κ3) is 3.31. The van der Waals surface area contributed by atoms with Crippen molar-refractivity contribution in [2.75, 3.05) is 7.11 Å². The smallest absolute Gasteiger partial charge is 0.339 e. The average Bonchev–Trinajstić information content (AvgIpc) is 2.44. The molecule has 0 saturated carbocycles. The van der Waals surface area contributed by atoms with E-state index in [9.17, 15) is 8.42 Å². The molecule has 0 saturated heterocycles. The molecule has 2 aromatic rings. The van der Waals surface area contributed by atoms with E-state index in [-0.39, 0.29) is 10.6 Å². The van der Waals surface area contributed by atoms with Gasteiger partial charge < -0.3 is 8.92 Å². The quantitative estimate of drug-likeness (QED) is 0.803. The molecule has 0 radical (unpaired) electrons. The van der Waals surface area contributed by atoms with Crippen LogP contribution in [0.25, 0.3) is 0 Å². The van der Waals surface area contributed by atoms with Gasteiger partial charge in [0.25, 0.3) is 0 Å². The third-order valence-corrected chi connectivity index (χ3v) is 4.84. The van der Waals surface area contributed by atoms with Gasteiger partial charge in [0.1, 0.15) is 16.4 Å². The molecule has 4 nitrogen and oxygen atoms in total. The van der Waals surface area contributed by atoms with Crippen molar-refractivity contribution in [2.45, 2.75) is 18.7 Å². The number of ether oxygens (including phenoxy) is 1. The molecule has 0 aliphatic heterocycles. The van der Waals surface area contributed by atoms with Gasteiger partial charge in [-0.15, -0.1) is 0 Å². The standard InChI is InChI=1S/C15H15ClO4S/c1-10-11(2)15(9-8-14(10)19-3)21(17,18)20-13-6-4-12(16)5-7-13/h4-9H,1-3H3. The minimum Gasteiger partial charge on any atom is -0.496 e. The van der Waals surface area contributed by atoms with E-state index in [1.54, 1.807) is 39.2 Å². The maximum Gasteiger partial charge on any atom is 0.339 e. The van der Waals surface area contributed by atoms with Crippen LogP contribution >= 0.6 is 11.6 Å². The first-order valence-electron chi connectivity index (χ1n) is 6.19. The Hall–Kier alpha value is -1.72. The molecule has 0 fully saturated rings. The van der Waals surface area contributed by atoms with Crippen LogP contribution in [0.1, 0.15) is 11.1 Å². The van der Waals surface area contributed by atoms with Gasteiger partial charge in [0, 0.05) is 5.02 Å². The molecule has 0 aliphatic rings. The molecule has 21 heavy (non-hydrogen) atoms. The third-order valence-electron chi connectivity index (χ3n) is 3.20. The zero-order chi connectivity index (χ0) is 15.6. The second-order valence-electron chi connectivity index (χ2n) is 4.51. The van der Waals surface area contributed by atoms with Crippen LogP contribution < -0.4 is 8.92 Å². The van der Waals surface area contributed by atoms with Gasteiger partial charge in [0.05, 0.1) is 7.11 Å². The number of rotatable bonds is 4. The van der Waals surface area contributed by atoms with Gasteiger partial charge in [0.15, 0.2) is 0 Å². The molecule has 0 aliphatic carbocycles. The maximum atomic E-state index is 12.4. The van der Waals surface area contributed by atoms with E-state index in [1.807, 2.05) is 0 Å². The summed E-state index contributed by atoms with van der Waals surface area (Å²) in [6.45, 7) is 3.52. The predicted octanol–water partition coefficient (Wildman–Crippen LogP) is 3.73. The summed E-state index contributed by atoms with van der Waals surface area (Å²) in [6, 6.07) is 9.24. The largest absolute Gasteiger partial charge is 0.496 e. The number of methoxy groups -OCH3 is 1. The Morgan fingerprint density at radius 2 is 1.57 bits per heavy atom. The molecule has 0 amide bonds. The molecular weight excluding hydrogens is 312 g/mol. The first-order valence-corrected chi connectivity index (χ1v) is 7.98. The van der Waals surface area contributed by atoms with Crippen LogP contribution in [0.3, 0.4) is 0 Å². The summed E-state index contributed by atoms with van der Waals surface area (Å²) in [7, 11) is -2.36. The van der Waals surface area contributed by atoms with E-state index < -0.39 is 10.1 Å². The van der Waals surface area contributed by atoms with Crippen LogP contribution in [0, 0.1) is 13.8 Å². The van der Waals surface area contributed by atoms with Crippen molar-refractivity contribution in [3.05, 3.63) is 52.5 Å². The second-order valence-corrected chi connectivity index (χ2v) is 6.46. The summed E-state index contributed by atoms with van der Waals surface area (Å²) < 4.78 is 35.0. The summed E-state index contributed by atoms with van der Waals surface area (Å²) in [5.74, 6) is 0.852. The van der Waals surface area contributed by atoms with Crippen LogP contribution in [-0.4, -0.2) is 15.5 Å². The Morgan fingerprint density at radius 3 is 2.14 bits per heavy atom. The molecule has 2 rings (SSSR count). The van der Waals surface area contributed by atoms with E-state index in [1.165, 1.54) is 18.2 Å². The highest BCUT2D eigenvalue weighted by Crippen LogP contribution is 2.29. The molecule has 0 spiro atoms. The van der Waals surface area contributed by atoms with Crippen molar-refractivity contribution in [1.82, 2.24) is 0 Å². The Kier molecular flexibility index (Phi) is 4.44. The molecular formula is C15H15ClO4S. The van der Waals surface area contributed by atoms with Crippen molar-refractivity contribution >= 4 is 21.7 Å². The minimum absolute atomic E-state index is 0.121. The second kappa shape index (κ2) is 5.95. The van der Waals surface area contributed by atoms with Crippen molar-refractivity contribution in [2.24, 2.45) is 0 Å². The van der Waals surface area contributed by atoms with Crippen LogP contribution in [0.15, 0.2) is 41.3 Å². The van der Waals surface area contributed by atoms with Gasteiger partial charge in [-0.05, 0) is 61.4 Å². The molecule has 0 bridgehead atoms. The highest BCUT2D eigenvalue weighted by atomic mass is 35.5. The van der Waals surface area contributed by atoms with Crippen LogP contribution in [0.2, 0.25) is 5.02 Å². The maximum absolute atomic E-state index is 12.4. The molecule has 0 atom stereocenters. The Balaban J connectivity index is 2.40. The summed E-state index contributed by atoms with van der Waals surface area (Å²) in [6.07, 6.45) is 0. The number of hydrogen-bond acceptors (Lipinski definition) is 4. The van der Waals surface area contributed by atoms with E-state index in [2.05, 4.69) is 0 Å². The van der Waals surface area contributed by atoms with E-state index in [4.69, 9.17) is 20.5 Å². The molecule has 0 heterocycles. The summed E-state index contributed by atoms with van der Waals surface area (Å²) in [5.41, 5.74) is 1.36. The summed E-state index contributed by atoms with van der Waals surface area (Å²) >= 11 is 5.76. The van der Waals surface area contributed by atoms with Crippen LogP contribution in [-0.2, 0) is 10.1 Å². The van der Waals surface area contributed by atoms with Gasteiger partial charge in [-0.25, -0.2) is 0 Å². The first-order chi connectivity index (χ1) is 9.85. The fourth-order valence-electron chi connectivity index (χ4n) is 1.92. The van der Waals surface area contributed by atoms with Gasteiger partial charge in [-0.2, -0.15) is 8.42 Å². The van der Waals surface area contributed by atoms with Crippen molar-refractivity contribution < 1.29 is 17.3 Å². The van der Waals surface area contributed by atoms with Crippen molar-refractivity contribution in [3.8, 4) is 11.5 Å². The topological polar surface area (TPSA) is 52.6 Å². The lowest BCUT2D eigenvalue weighted by atomic mass is 10.1. The molecule has 0 aromatic heterocycles. The Morgan fingerprint density at radius 1 is 0.952 bits per heavy atom. The molecule has 0 unspecified atom stereocenters. The summed E-state index contributed by atoms with van der Waals surface area (Å²) in [4.78, 5) is 0.121. The lowest BCUT2D eigenvalue weighted by Crippen LogP contribution is -2.12. The number of halogens is 1. The highest BCUT2D eigenvalue weighted by molar-refractivity contribution is 7.87. The zero-order valence-electron chi connectivity index (χ0n) is 11.9. The van der Waals surface area contributed by atoms with Crippen LogP contribution in [0.5, 0.6) is 11.5 Å². The number of hydrogen-bond donors (Lipinski definition) is 0. The average molecular weight is 327 g/mol. The van der Waals surface area contributed by atoms with Gasteiger partial charge in [-0.1, -0.05) is 11.6 Å². The first kappa shape index (κ1) is 15.7. The SMILES string of the molecule is COc1ccc(S(=O)(=O)Oc2ccc(Cl)cc2)c(C)c1C. The normalized spacial score (nSPS) is 11.2. The molecule has 6 heteroatoms. The van der Waals surface area contributed by atoms with Gasteiger partial charge in [-0.3, -0.25) is 0 Å². The molecule has 112 valence electrons. The fraction of sp³-hybridized carbons (Fsp3) is 0.200. The highest BCUT2D eigenvalue weighted by Gasteiger charge is 2.21. The lowest BCUT2D eigenvalue weighted by Gasteiger charge is -2.13. The van der Waals surface area contributed by atoms with E-state index >= 15 is 0 Å². The minimum atomic E-state index is -3.90. The number of benzene rings is 2. The Labute approximate surface area is 129 Å². The lowest BCUT2D eigenvalue weighted by molar-refractivity contribution is 0.410. The van der Waals surface area contributed by atoms with Gasteiger partial charge in [0.2, 0.25) is 0 Å². The van der Waals surface area contributed by atoms with E-state index in [0.717, 1.165) is 5.56 Å². The van der Waals surface area contributed by atoms with E-state index in [0.29, 0.717) is 16.3 Å². The van der Waals surface area contributed by atoms with Gasteiger partial charge >= 0.3 is 10.1 Å². The predicted molar refractivity (Wildman–Crippen MR) is 81.7 cm³/mol. The zero-order valence-corrected chi connectivity index (χ0v) is 13.5. The van der Waals surface area contributed by atoms with Crippen LogP contribution in [0.4, 0.5) is 0 Å². The van der Waals surface area contributed by atoms with Crippen molar-refractivity contribution in [3.63, 3.8) is 0 Å².